The maximum Gasteiger partial charge on any atom is 0.492 e. The van der Waals surface area contributed by atoms with Gasteiger partial charge in [0.1, 0.15) is 18.1 Å². The minimum Gasteiger partial charge on any atom is -0.497 e. The van der Waals surface area contributed by atoms with Crippen molar-refractivity contribution in [2.45, 2.75) is 6.18 Å². The summed E-state index contributed by atoms with van der Waals surface area (Å²) in [5.74, 6) is 0.352. The fourth-order valence-corrected chi connectivity index (χ4v) is 1.25. The van der Waals surface area contributed by atoms with Crippen LogP contribution in [-0.4, -0.2) is 43.9 Å². The van der Waals surface area contributed by atoms with Crippen molar-refractivity contribution in [3.05, 3.63) is 18.2 Å². The van der Waals surface area contributed by atoms with Crippen molar-refractivity contribution >= 4 is 12.6 Å². The molecule has 0 aliphatic heterocycles. The summed E-state index contributed by atoms with van der Waals surface area (Å²) in [6, 6.07) is 4.10. The summed E-state index contributed by atoms with van der Waals surface area (Å²) in [6.07, 6.45) is -4.44. The van der Waals surface area contributed by atoms with Gasteiger partial charge >= 0.3 is 13.3 Å². The molecular weight excluding hydrogens is 268 g/mol. The van der Waals surface area contributed by atoms with Gasteiger partial charge in [-0.15, -0.1) is 0 Å². The molecule has 0 heterocycles. The zero-order chi connectivity index (χ0) is 14.5. The maximum atomic E-state index is 11.8. The third-order valence-corrected chi connectivity index (χ3v) is 2.06. The van der Waals surface area contributed by atoms with E-state index in [1.54, 1.807) is 0 Å². The van der Waals surface area contributed by atoms with E-state index in [9.17, 15) is 13.2 Å². The van der Waals surface area contributed by atoms with Gasteiger partial charge in [0.15, 0.2) is 6.79 Å². The van der Waals surface area contributed by atoms with E-state index in [0.29, 0.717) is 5.75 Å². The SMILES string of the molecule is COc1ccc(OCOCC(F)(F)F)c(B(O)O)c1. The Morgan fingerprint density at radius 1 is 1.26 bits per heavy atom. The summed E-state index contributed by atoms with van der Waals surface area (Å²) in [5.41, 5.74) is -0.0324. The van der Waals surface area contributed by atoms with Crippen LogP contribution in [0.1, 0.15) is 0 Å². The van der Waals surface area contributed by atoms with Crippen molar-refractivity contribution in [2.24, 2.45) is 0 Å². The number of alkyl halides is 3. The van der Waals surface area contributed by atoms with E-state index in [1.165, 1.54) is 25.3 Å². The summed E-state index contributed by atoms with van der Waals surface area (Å²) >= 11 is 0. The molecule has 0 fully saturated rings. The smallest absolute Gasteiger partial charge is 0.492 e. The van der Waals surface area contributed by atoms with Crippen LogP contribution in [0.25, 0.3) is 0 Å². The Morgan fingerprint density at radius 2 is 1.95 bits per heavy atom. The quantitative estimate of drug-likeness (QED) is 0.445. The second-order valence-electron chi connectivity index (χ2n) is 3.50. The summed E-state index contributed by atoms with van der Waals surface area (Å²) in [5, 5.41) is 18.2. The molecule has 0 amide bonds. The summed E-state index contributed by atoms with van der Waals surface area (Å²) in [7, 11) is -0.455. The van der Waals surface area contributed by atoms with Crippen LogP contribution in [-0.2, 0) is 4.74 Å². The number of hydrogen-bond donors (Lipinski definition) is 2. The molecular formula is C10H12BF3O5. The molecule has 0 spiro atoms. The lowest BCUT2D eigenvalue weighted by atomic mass is 9.79. The molecule has 1 rings (SSSR count). The van der Waals surface area contributed by atoms with Gasteiger partial charge in [0.2, 0.25) is 0 Å². The third kappa shape index (κ3) is 5.37. The number of rotatable bonds is 6. The van der Waals surface area contributed by atoms with E-state index in [2.05, 4.69) is 4.74 Å². The summed E-state index contributed by atoms with van der Waals surface area (Å²) < 4.78 is 49.5. The topological polar surface area (TPSA) is 68.2 Å². The van der Waals surface area contributed by atoms with E-state index in [4.69, 9.17) is 19.5 Å². The molecule has 0 radical (unpaired) electrons. The van der Waals surface area contributed by atoms with Crippen molar-refractivity contribution in [1.82, 2.24) is 0 Å². The fourth-order valence-electron chi connectivity index (χ4n) is 1.25. The third-order valence-electron chi connectivity index (χ3n) is 2.06. The van der Waals surface area contributed by atoms with Crippen molar-refractivity contribution < 1.29 is 37.4 Å². The van der Waals surface area contributed by atoms with Gasteiger partial charge in [0.25, 0.3) is 0 Å². The molecule has 1 aromatic carbocycles. The Labute approximate surface area is 107 Å². The van der Waals surface area contributed by atoms with Crippen LogP contribution in [0, 0.1) is 0 Å². The van der Waals surface area contributed by atoms with Crippen LogP contribution in [0.2, 0.25) is 0 Å². The lowest BCUT2D eigenvalue weighted by Crippen LogP contribution is -2.32. The fraction of sp³-hybridized carbons (Fsp3) is 0.400. The van der Waals surface area contributed by atoms with Crippen LogP contribution in [0.5, 0.6) is 11.5 Å². The number of benzene rings is 1. The number of methoxy groups -OCH3 is 1. The Kier molecular flexibility index (Phi) is 5.46. The molecule has 0 aliphatic carbocycles. The molecule has 106 valence electrons. The molecule has 9 heteroatoms. The average Bonchev–Trinajstić information content (AvgIpc) is 2.33. The van der Waals surface area contributed by atoms with Gasteiger partial charge in [-0.1, -0.05) is 0 Å². The Morgan fingerprint density at radius 3 is 2.47 bits per heavy atom. The zero-order valence-electron chi connectivity index (χ0n) is 9.98. The predicted molar refractivity (Wildman–Crippen MR) is 60.3 cm³/mol. The van der Waals surface area contributed by atoms with Gasteiger partial charge in [-0.3, -0.25) is 0 Å². The van der Waals surface area contributed by atoms with Gasteiger partial charge < -0.3 is 24.3 Å². The molecule has 0 aromatic heterocycles. The van der Waals surface area contributed by atoms with E-state index in [0.717, 1.165) is 0 Å². The largest absolute Gasteiger partial charge is 0.497 e. The van der Waals surface area contributed by atoms with Gasteiger partial charge in [-0.2, -0.15) is 13.2 Å². The summed E-state index contributed by atoms with van der Waals surface area (Å²) in [4.78, 5) is 0. The monoisotopic (exact) mass is 280 g/mol. The van der Waals surface area contributed by atoms with Crippen LogP contribution in [0.15, 0.2) is 18.2 Å². The average molecular weight is 280 g/mol. The van der Waals surface area contributed by atoms with Crippen molar-refractivity contribution in [1.29, 1.82) is 0 Å². The van der Waals surface area contributed by atoms with Crippen molar-refractivity contribution in [3.63, 3.8) is 0 Å². The Balaban J connectivity index is 2.62. The van der Waals surface area contributed by atoms with Gasteiger partial charge in [-0.25, -0.2) is 0 Å². The summed E-state index contributed by atoms with van der Waals surface area (Å²) in [6.45, 7) is -2.11. The maximum absolute atomic E-state index is 11.8. The van der Waals surface area contributed by atoms with Crippen LogP contribution < -0.4 is 14.9 Å². The zero-order valence-corrected chi connectivity index (χ0v) is 9.98. The molecule has 1 aromatic rings. The van der Waals surface area contributed by atoms with Crippen LogP contribution >= 0.6 is 0 Å². The first-order chi connectivity index (χ1) is 8.83. The lowest BCUT2D eigenvalue weighted by Gasteiger charge is -2.13. The first-order valence-corrected chi connectivity index (χ1v) is 5.15. The minimum atomic E-state index is -4.44. The van der Waals surface area contributed by atoms with E-state index in [1.807, 2.05) is 0 Å². The molecule has 0 saturated carbocycles. The van der Waals surface area contributed by atoms with Crippen molar-refractivity contribution in [3.8, 4) is 11.5 Å². The number of ether oxygens (including phenoxy) is 3. The Bertz CT molecular complexity index is 411. The second-order valence-corrected chi connectivity index (χ2v) is 3.50. The van der Waals surface area contributed by atoms with Gasteiger partial charge in [-0.05, 0) is 18.2 Å². The number of hydrogen-bond acceptors (Lipinski definition) is 5. The van der Waals surface area contributed by atoms with Crippen molar-refractivity contribution in [2.75, 3.05) is 20.5 Å². The highest BCUT2D eigenvalue weighted by Crippen LogP contribution is 2.17. The predicted octanol–water partition coefficient (Wildman–Crippen LogP) is 0.290. The molecule has 19 heavy (non-hydrogen) atoms. The molecule has 0 unspecified atom stereocenters. The molecule has 5 nitrogen and oxygen atoms in total. The highest BCUT2D eigenvalue weighted by Gasteiger charge is 2.27. The first-order valence-electron chi connectivity index (χ1n) is 5.15. The minimum absolute atomic E-state index is 0.00188. The van der Waals surface area contributed by atoms with E-state index in [-0.39, 0.29) is 11.2 Å². The molecule has 0 saturated heterocycles. The molecule has 0 bridgehead atoms. The normalized spacial score (nSPS) is 11.3. The first kappa shape index (κ1) is 15.6. The highest BCUT2D eigenvalue weighted by molar-refractivity contribution is 6.59. The van der Waals surface area contributed by atoms with Crippen LogP contribution in [0.3, 0.4) is 0 Å². The van der Waals surface area contributed by atoms with Gasteiger partial charge in [0.05, 0.1) is 7.11 Å². The molecule has 2 N–H and O–H groups in total. The number of halogens is 3. The van der Waals surface area contributed by atoms with Gasteiger partial charge in [0, 0.05) is 5.46 Å². The van der Waals surface area contributed by atoms with E-state index >= 15 is 0 Å². The lowest BCUT2D eigenvalue weighted by molar-refractivity contribution is -0.186. The highest BCUT2D eigenvalue weighted by atomic mass is 19.4. The standard InChI is InChI=1S/C10H12BF3O5/c1-17-7-2-3-9(8(4-7)11(15)16)19-6-18-5-10(12,13)14/h2-4,15-16H,5-6H2,1H3. The molecule has 0 atom stereocenters. The second kappa shape index (κ2) is 6.64. The van der Waals surface area contributed by atoms with Crippen LogP contribution in [0.4, 0.5) is 13.2 Å². The Hall–Kier alpha value is -1.45. The van der Waals surface area contributed by atoms with E-state index < -0.39 is 26.7 Å². The molecule has 0 aliphatic rings.